The number of Topliss-reactive ketones (excluding diaryl/α,β-unsaturated/α-hetero) is 1. The van der Waals surface area contributed by atoms with Crippen LogP contribution in [0.25, 0.3) is 16.8 Å². The molecule has 3 atom stereocenters. The lowest BCUT2D eigenvalue weighted by atomic mass is 9.85. The minimum absolute atomic E-state index is 0.0354. The van der Waals surface area contributed by atoms with Crippen molar-refractivity contribution in [3.8, 4) is 11.1 Å². The molecule has 4 aromatic heterocycles. The van der Waals surface area contributed by atoms with Crippen molar-refractivity contribution in [1.82, 2.24) is 34.7 Å². The first-order valence-electron chi connectivity index (χ1n) is 13.7. The summed E-state index contributed by atoms with van der Waals surface area (Å²) in [5.74, 6) is -0.839. The summed E-state index contributed by atoms with van der Waals surface area (Å²) in [4.78, 5) is 35.9. The Balaban J connectivity index is 1.38. The van der Waals surface area contributed by atoms with E-state index in [1.54, 1.807) is 4.90 Å². The van der Waals surface area contributed by atoms with Gasteiger partial charge in [-0.1, -0.05) is 6.07 Å². The number of carbonyl (C=O) groups excluding carboxylic acids is 2. The number of nitrogens with zero attached hydrogens (tertiary/aromatic N) is 6. The number of alkyl halides is 6. The van der Waals surface area contributed by atoms with Gasteiger partial charge in [0.1, 0.15) is 17.3 Å². The molecular weight excluding hydrogens is 612 g/mol. The van der Waals surface area contributed by atoms with Crippen molar-refractivity contribution in [2.24, 2.45) is 0 Å². The molecule has 6 rings (SSSR count). The fourth-order valence-electron chi connectivity index (χ4n) is 6.43. The third kappa shape index (κ3) is 4.65. The first-order chi connectivity index (χ1) is 21.0. The number of H-pyrrole nitrogens is 1. The first-order valence-corrected chi connectivity index (χ1v) is 13.7. The number of anilines is 2. The van der Waals surface area contributed by atoms with Gasteiger partial charge in [0, 0.05) is 41.4 Å². The molecule has 18 heteroatoms. The van der Waals surface area contributed by atoms with Gasteiger partial charge in [0.05, 0.1) is 23.1 Å². The van der Waals surface area contributed by atoms with Crippen LogP contribution < -0.4 is 11.5 Å². The number of fused-ring (bicyclic) bond motifs is 3. The Hall–Kier alpha value is -4.74. The average molecular weight is 638 g/mol. The van der Waals surface area contributed by atoms with Gasteiger partial charge < -0.3 is 21.5 Å². The Labute approximate surface area is 249 Å². The van der Waals surface area contributed by atoms with Gasteiger partial charge in [-0.25, -0.2) is 4.98 Å². The fraction of sp³-hybridized carbons (Fsp3) is 0.407. The number of carbonyl (C=O) groups is 2. The van der Waals surface area contributed by atoms with Crippen LogP contribution in [0.5, 0.6) is 0 Å². The third-order valence-electron chi connectivity index (χ3n) is 8.51. The van der Waals surface area contributed by atoms with Crippen LogP contribution in [0, 0.1) is 0 Å². The van der Waals surface area contributed by atoms with Gasteiger partial charge >= 0.3 is 12.4 Å². The second kappa shape index (κ2) is 10.1. The van der Waals surface area contributed by atoms with Crippen LogP contribution in [0.1, 0.15) is 70.8 Å². The van der Waals surface area contributed by atoms with Crippen LogP contribution >= 0.6 is 0 Å². The number of ketones is 1. The number of nitrogens with one attached hydrogen (secondary N) is 1. The van der Waals surface area contributed by atoms with Crippen molar-refractivity contribution in [1.29, 1.82) is 0 Å². The predicted molar refractivity (Wildman–Crippen MR) is 145 cm³/mol. The molecule has 4 aromatic rings. The molecule has 45 heavy (non-hydrogen) atoms. The number of aromatic nitrogens is 6. The van der Waals surface area contributed by atoms with E-state index in [0.29, 0.717) is 37.4 Å². The van der Waals surface area contributed by atoms with Crippen molar-refractivity contribution in [2.75, 3.05) is 11.5 Å². The third-order valence-corrected chi connectivity index (χ3v) is 8.51. The summed E-state index contributed by atoms with van der Waals surface area (Å²) in [6, 6.07) is 2.42. The zero-order valence-corrected chi connectivity index (χ0v) is 23.3. The normalized spacial score (nSPS) is 20.6. The highest BCUT2D eigenvalue weighted by molar-refractivity contribution is 6.00. The Kier molecular flexibility index (Phi) is 6.83. The van der Waals surface area contributed by atoms with Gasteiger partial charge in [0.2, 0.25) is 0 Å². The fourth-order valence-corrected chi connectivity index (χ4v) is 6.43. The molecule has 2 bridgehead atoms. The summed E-state index contributed by atoms with van der Waals surface area (Å²) in [6.45, 7) is 1.31. The maximum Gasteiger partial charge on any atom is 0.432 e. The lowest BCUT2D eigenvalue weighted by Crippen LogP contribution is -2.54. The van der Waals surface area contributed by atoms with Crippen LogP contribution in [0.15, 0.2) is 30.6 Å². The molecule has 0 aromatic carbocycles. The predicted octanol–water partition coefficient (Wildman–Crippen LogP) is 3.74. The van der Waals surface area contributed by atoms with Crippen LogP contribution in [-0.4, -0.2) is 75.9 Å². The molecule has 0 aliphatic carbocycles. The number of pyridine rings is 1. The van der Waals surface area contributed by atoms with Crippen LogP contribution in [-0.2, 0) is 5.60 Å². The highest BCUT2D eigenvalue weighted by Gasteiger charge is 2.72. The second-order valence-corrected chi connectivity index (χ2v) is 11.2. The number of aliphatic hydroxyl groups is 1. The van der Waals surface area contributed by atoms with Gasteiger partial charge in [0.25, 0.3) is 11.5 Å². The van der Waals surface area contributed by atoms with Crippen LogP contribution in [0.2, 0.25) is 0 Å². The van der Waals surface area contributed by atoms with Gasteiger partial charge in [-0.2, -0.15) is 41.1 Å². The number of piperidine rings is 1. The van der Waals surface area contributed by atoms with E-state index in [9.17, 15) is 41.0 Å². The van der Waals surface area contributed by atoms with Gasteiger partial charge in [-0.15, -0.1) is 0 Å². The summed E-state index contributed by atoms with van der Waals surface area (Å²) >= 11 is 0. The van der Waals surface area contributed by atoms with Crippen molar-refractivity contribution in [2.45, 2.75) is 68.6 Å². The number of amides is 1. The van der Waals surface area contributed by atoms with Crippen LogP contribution in [0.3, 0.4) is 0 Å². The molecule has 12 nitrogen and oxygen atoms in total. The van der Waals surface area contributed by atoms with E-state index in [-0.39, 0.29) is 63.6 Å². The van der Waals surface area contributed by atoms with Crippen molar-refractivity contribution in [3.05, 3.63) is 53.2 Å². The van der Waals surface area contributed by atoms with Gasteiger partial charge in [-0.3, -0.25) is 19.7 Å². The highest BCUT2D eigenvalue weighted by Crippen LogP contribution is 2.50. The Morgan fingerprint density at radius 3 is 2.18 bits per heavy atom. The van der Waals surface area contributed by atoms with E-state index in [1.807, 2.05) is 0 Å². The zero-order chi connectivity index (χ0) is 32.6. The monoisotopic (exact) mass is 637 g/mol. The molecule has 6 heterocycles. The van der Waals surface area contributed by atoms with Crippen molar-refractivity contribution >= 4 is 29.0 Å². The molecule has 0 saturated carbocycles. The Morgan fingerprint density at radius 2 is 1.67 bits per heavy atom. The molecule has 0 spiro atoms. The van der Waals surface area contributed by atoms with Crippen LogP contribution in [0.4, 0.5) is 38.0 Å². The summed E-state index contributed by atoms with van der Waals surface area (Å²) in [5, 5.41) is 20.3. The Morgan fingerprint density at radius 1 is 1.02 bits per heavy atom. The number of hydrogen-bond donors (Lipinski definition) is 4. The molecule has 2 aliphatic heterocycles. The lowest BCUT2D eigenvalue weighted by molar-refractivity contribution is -0.377. The summed E-state index contributed by atoms with van der Waals surface area (Å²) in [6.07, 6.45) is -7.90. The molecule has 0 radical (unpaired) electrons. The summed E-state index contributed by atoms with van der Waals surface area (Å²) in [5.41, 5.74) is 6.20. The first kappa shape index (κ1) is 30.3. The van der Waals surface area contributed by atoms with Crippen molar-refractivity contribution in [3.63, 3.8) is 0 Å². The molecule has 238 valence electrons. The summed E-state index contributed by atoms with van der Waals surface area (Å²) in [7, 11) is 0. The second-order valence-electron chi connectivity index (χ2n) is 11.2. The molecule has 1 unspecified atom stereocenters. The standard InChI is InChI=1S/C27H25F6N9O3/c1-11(43)20-21(13-6-14-3-4-15(7-13)41(14)24(44)17-8-19(34)40-39-17)38-23-16(10-37-42(23)22(20)35)12-2-5-18(36-9-12)25(45,26(28,29)30)27(31,32)33/h2,5,8-10,13-15,45H,3-4,6-7,35H2,1H3,(H3,34,39,40)/t13?,14-,15+. The molecule has 2 saturated heterocycles. The zero-order valence-electron chi connectivity index (χ0n) is 23.3. The van der Waals surface area contributed by atoms with E-state index in [0.717, 1.165) is 16.8 Å². The van der Waals surface area contributed by atoms with E-state index in [1.165, 1.54) is 19.2 Å². The van der Waals surface area contributed by atoms with Gasteiger partial charge in [0.15, 0.2) is 11.4 Å². The molecular formula is C27H25F6N9O3. The Bertz CT molecular complexity index is 1790. The minimum Gasteiger partial charge on any atom is -0.383 e. The quantitative estimate of drug-likeness (QED) is 0.187. The number of nitrogen functional groups attached to an aromatic ring is 2. The number of aromatic amines is 1. The number of rotatable bonds is 5. The molecule has 6 N–H and O–H groups in total. The largest absolute Gasteiger partial charge is 0.432 e. The lowest BCUT2D eigenvalue weighted by Gasteiger charge is -2.39. The molecule has 2 fully saturated rings. The highest BCUT2D eigenvalue weighted by atomic mass is 19.4. The average Bonchev–Trinajstić information content (AvgIpc) is 3.66. The maximum absolute atomic E-state index is 13.3. The van der Waals surface area contributed by atoms with E-state index in [4.69, 9.17) is 16.5 Å². The number of halogens is 6. The SMILES string of the molecule is CC(=O)c1c(C2C[C@H]3CC[C@@H](C2)N3C(=O)c2cc(N)n[nH]2)nc2c(-c3ccc(C(O)(C(F)(F)F)C(F)(F)F)nc3)cnn2c1N. The number of nitrogens with two attached hydrogens (primary N) is 2. The van der Waals surface area contributed by atoms with Crippen molar-refractivity contribution < 1.29 is 41.0 Å². The van der Waals surface area contributed by atoms with E-state index in [2.05, 4.69) is 20.3 Å². The van der Waals surface area contributed by atoms with Gasteiger partial charge in [-0.05, 0) is 38.7 Å². The molecule has 1 amide bonds. The number of hydrogen-bond acceptors (Lipinski definition) is 9. The minimum atomic E-state index is -6.09. The van der Waals surface area contributed by atoms with E-state index >= 15 is 0 Å². The topological polar surface area (TPSA) is 181 Å². The molecule has 2 aliphatic rings. The maximum atomic E-state index is 13.3. The van der Waals surface area contributed by atoms with E-state index < -0.39 is 29.4 Å². The smallest absolute Gasteiger partial charge is 0.383 e. The summed E-state index contributed by atoms with van der Waals surface area (Å²) < 4.78 is 81.2.